The fourth-order valence-electron chi connectivity index (χ4n) is 1.40. The molecule has 4 heteroatoms. The number of halogens is 1. The van der Waals surface area contributed by atoms with Crippen LogP contribution in [0.15, 0.2) is 18.2 Å². The number of carbonyl (C=O) groups excluding carboxylic acids is 2. The molecule has 0 unspecified atom stereocenters. The van der Waals surface area contributed by atoms with Gasteiger partial charge in [-0.25, -0.2) is 4.79 Å². The summed E-state index contributed by atoms with van der Waals surface area (Å²) in [5, 5.41) is 0.352. The number of alkyl halides is 1. The predicted octanol–water partition coefficient (Wildman–Crippen LogP) is 2.29. The first-order valence-corrected chi connectivity index (χ1v) is 5.96. The Bertz CT molecular complexity index is 413. The average molecular weight is 285 g/mol. The van der Waals surface area contributed by atoms with E-state index >= 15 is 0 Å². The molecule has 0 radical (unpaired) electrons. The van der Waals surface area contributed by atoms with Crippen LogP contribution < -0.4 is 0 Å². The lowest BCUT2D eigenvalue weighted by atomic mass is 10.0. The van der Waals surface area contributed by atoms with Crippen molar-refractivity contribution in [3.8, 4) is 0 Å². The zero-order chi connectivity index (χ0) is 12.1. The van der Waals surface area contributed by atoms with Crippen LogP contribution in [0.3, 0.4) is 0 Å². The van der Waals surface area contributed by atoms with E-state index in [-0.39, 0.29) is 11.8 Å². The van der Waals surface area contributed by atoms with Crippen LogP contribution in [-0.4, -0.2) is 24.2 Å². The van der Waals surface area contributed by atoms with E-state index in [9.17, 15) is 9.59 Å². The Labute approximate surface area is 103 Å². The molecule has 0 heterocycles. The number of carbonyl (C=O) groups is 2. The third kappa shape index (κ3) is 3.17. The molecule has 3 nitrogen and oxygen atoms in total. The fourth-order valence-corrected chi connectivity index (χ4v) is 1.60. The molecule has 0 saturated heterocycles. The molecule has 1 aromatic rings. The second-order valence-corrected chi connectivity index (χ2v) is 4.04. The molecule has 1 aromatic carbocycles. The van der Waals surface area contributed by atoms with Crippen molar-refractivity contribution in [3.63, 3.8) is 0 Å². The monoisotopic (exact) mass is 284 g/mol. The van der Waals surface area contributed by atoms with Gasteiger partial charge < -0.3 is 4.74 Å². The van der Waals surface area contributed by atoms with Crippen molar-refractivity contribution >= 4 is 27.7 Å². The van der Waals surface area contributed by atoms with E-state index in [1.54, 1.807) is 18.2 Å². The van der Waals surface area contributed by atoms with Gasteiger partial charge in [-0.1, -0.05) is 22.0 Å². The summed E-state index contributed by atoms with van der Waals surface area (Å²) in [6.07, 6.45) is 0.387. The Balaban J connectivity index is 2.91. The Kier molecular flexibility index (Phi) is 4.68. The van der Waals surface area contributed by atoms with Gasteiger partial charge in [0.25, 0.3) is 0 Å². The number of ether oxygens (including phenoxy) is 1. The lowest BCUT2D eigenvalue weighted by molar-refractivity contribution is -0.115. The molecule has 0 bridgehead atoms. The summed E-state index contributed by atoms with van der Waals surface area (Å²) < 4.78 is 4.62. The molecule has 16 heavy (non-hydrogen) atoms. The molecule has 0 atom stereocenters. The standard InChI is InChI=1S/C12H13BrO3/c1-8-5-10(12(15)16-2)4-3-9(8)6-11(14)7-13/h3-5H,6-7H2,1-2H3. The molecule has 0 aromatic heterocycles. The molecular formula is C12H13BrO3. The maximum atomic E-state index is 11.3. The number of Topliss-reactive ketones (excluding diaryl/α,β-unsaturated/α-hetero) is 1. The average Bonchev–Trinajstić information content (AvgIpc) is 2.30. The predicted molar refractivity (Wildman–Crippen MR) is 65.0 cm³/mol. The van der Waals surface area contributed by atoms with Gasteiger partial charge in [-0.3, -0.25) is 4.79 Å². The van der Waals surface area contributed by atoms with E-state index in [2.05, 4.69) is 20.7 Å². The summed E-state index contributed by atoms with van der Waals surface area (Å²) in [5.41, 5.74) is 2.38. The molecule has 0 fully saturated rings. The number of hydrogen-bond acceptors (Lipinski definition) is 3. The number of methoxy groups -OCH3 is 1. The van der Waals surface area contributed by atoms with Crippen LogP contribution in [-0.2, 0) is 16.0 Å². The quantitative estimate of drug-likeness (QED) is 0.629. The van der Waals surface area contributed by atoms with Crippen LogP contribution in [0.1, 0.15) is 21.5 Å². The second kappa shape index (κ2) is 5.80. The minimum absolute atomic E-state index is 0.119. The smallest absolute Gasteiger partial charge is 0.337 e. The first-order chi connectivity index (χ1) is 7.58. The summed E-state index contributed by atoms with van der Waals surface area (Å²) in [7, 11) is 1.35. The van der Waals surface area contributed by atoms with Gasteiger partial charge in [0.05, 0.1) is 18.0 Å². The van der Waals surface area contributed by atoms with Crippen LogP contribution in [0.4, 0.5) is 0 Å². The number of benzene rings is 1. The highest BCUT2D eigenvalue weighted by Crippen LogP contribution is 2.13. The molecule has 0 amide bonds. The lowest BCUT2D eigenvalue weighted by Gasteiger charge is -2.06. The van der Waals surface area contributed by atoms with Gasteiger partial charge in [-0.2, -0.15) is 0 Å². The van der Waals surface area contributed by atoms with E-state index in [0.29, 0.717) is 17.3 Å². The van der Waals surface area contributed by atoms with Gasteiger partial charge in [0.2, 0.25) is 0 Å². The number of aryl methyl sites for hydroxylation is 1. The topological polar surface area (TPSA) is 43.4 Å². The van der Waals surface area contributed by atoms with Crippen molar-refractivity contribution in [1.82, 2.24) is 0 Å². The van der Waals surface area contributed by atoms with Crippen molar-refractivity contribution in [1.29, 1.82) is 0 Å². The second-order valence-electron chi connectivity index (χ2n) is 3.48. The molecule has 0 spiro atoms. The van der Waals surface area contributed by atoms with Crippen molar-refractivity contribution in [2.75, 3.05) is 12.4 Å². The van der Waals surface area contributed by atoms with Gasteiger partial charge in [0, 0.05) is 6.42 Å². The van der Waals surface area contributed by atoms with Crippen molar-refractivity contribution in [2.24, 2.45) is 0 Å². The van der Waals surface area contributed by atoms with Crippen LogP contribution in [0.5, 0.6) is 0 Å². The van der Waals surface area contributed by atoms with Crippen molar-refractivity contribution in [3.05, 3.63) is 34.9 Å². The summed E-state index contributed by atoms with van der Waals surface area (Å²) in [4.78, 5) is 22.5. The van der Waals surface area contributed by atoms with Crippen molar-refractivity contribution < 1.29 is 14.3 Å². The maximum absolute atomic E-state index is 11.3. The largest absolute Gasteiger partial charge is 0.465 e. The van der Waals surface area contributed by atoms with Gasteiger partial charge in [0.1, 0.15) is 5.78 Å². The third-order valence-corrected chi connectivity index (χ3v) is 2.93. The van der Waals surface area contributed by atoms with Gasteiger partial charge >= 0.3 is 5.97 Å². The Hall–Kier alpha value is -1.16. The van der Waals surface area contributed by atoms with Crippen LogP contribution in [0, 0.1) is 6.92 Å². The highest BCUT2D eigenvalue weighted by atomic mass is 79.9. The van der Waals surface area contributed by atoms with Gasteiger partial charge in [0.15, 0.2) is 0 Å². The van der Waals surface area contributed by atoms with Crippen molar-refractivity contribution in [2.45, 2.75) is 13.3 Å². The molecule has 0 saturated carbocycles. The molecule has 0 aliphatic rings. The SMILES string of the molecule is COC(=O)c1ccc(CC(=O)CBr)c(C)c1. The first-order valence-electron chi connectivity index (χ1n) is 4.84. The van der Waals surface area contributed by atoms with E-state index < -0.39 is 0 Å². The number of hydrogen-bond donors (Lipinski definition) is 0. The Morgan fingerprint density at radius 3 is 2.56 bits per heavy atom. The minimum Gasteiger partial charge on any atom is -0.465 e. The molecule has 0 aliphatic heterocycles. The van der Waals surface area contributed by atoms with E-state index in [1.165, 1.54) is 7.11 Å². The number of rotatable bonds is 4. The Morgan fingerprint density at radius 1 is 1.38 bits per heavy atom. The minimum atomic E-state index is -0.360. The normalized spacial score (nSPS) is 9.94. The van der Waals surface area contributed by atoms with E-state index in [1.807, 2.05) is 6.92 Å². The number of esters is 1. The highest BCUT2D eigenvalue weighted by molar-refractivity contribution is 9.09. The third-order valence-electron chi connectivity index (χ3n) is 2.30. The first kappa shape index (κ1) is 12.9. The summed E-state index contributed by atoms with van der Waals surface area (Å²) >= 11 is 3.12. The summed E-state index contributed by atoms with van der Waals surface area (Å²) in [6.45, 7) is 1.88. The zero-order valence-corrected chi connectivity index (χ0v) is 10.8. The van der Waals surface area contributed by atoms with E-state index in [0.717, 1.165) is 11.1 Å². The molecule has 0 N–H and O–H groups in total. The summed E-state index contributed by atoms with van der Waals surface area (Å²) in [5.74, 6) is -0.240. The number of ketones is 1. The van der Waals surface area contributed by atoms with Crippen LogP contribution in [0.2, 0.25) is 0 Å². The van der Waals surface area contributed by atoms with Crippen LogP contribution in [0.25, 0.3) is 0 Å². The summed E-state index contributed by atoms with van der Waals surface area (Å²) in [6, 6.07) is 5.21. The fraction of sp³-hybridized carbons (Fsp3) is 0.333. The van der Waals surface area contributed by atoms with E-state index in [4.69, 9.17) is 0 Å². The molecule has 1 rings (SSSR count). The lowest BCUT2D eigenvalue weighted by Crippen LogP contribution is -2.07. The highest BCUT2D eigenvalue weighted by Gasteiger charge is 2.09. The molecule has 0 aliphatic carbocycles. The van der Waals surface area contributed by atoms with Crippen LogP contribution >= 0.6 is 15.9 Å². The van der Waals surface area contributed by atoms with Gasteiger partial charge in [-0.15, -0.1) is 0 Å². The van der Waals surface area contributed by atoms with Gasteiger partial charge in [-0.05, 0) is 30.2 Å². The zero-order valence-electron chi connectivity index (χ0n) is 9.25. The Morgan fingerprint density at radius 2 is 2.06 bits per heavy atom. The maximum Gasteiger partial charge on any atom is 0.337 e. The molecule has 86 valence electrons. The molecular weight excluding hydrogens is 272 g/mol.